The van der Waals surface area contributed by atoms with Crippen LogP contribution in [-0.2, 0) is 24.2 Å². The van der Waals surface area contributed by atoms with Gasteiger partial charge in [0.25, 0.3) is 0 Å². The first-order valence-electron chi connectivity index (χ1n) is 10.6. The molecule has 29 heavy (non-hydrogen) atoms. The minimum absolute atomic E-state index is 0. The quantitative estimate of drug-likeness (QED) is 0.190. The van der Waals surface area contributed by atoms with Crippen molar-refractivity contribution in [3.63, 3.8) is 0 Å². The largest absolute Gasteiger partial charge is 1.00 e. The van der Waals surface area contributed by atoms with Crippen molar-refractivity contribution in [2.45, 2.75) is 110 Å². The number of unbranched alkanes of at least 4 members (excludes halogenated alkanes) is 10. The van der Waals surface area contributed by atoms with Gasteiger partial charge in [0.2, 0.25) is 0 Å². The third-order valence-electron chi connectivity index (χ3n) is 5.11. The van der Waals surface area contributed by atoms with Gasteiger partial charge in [0.15, 0.2) is 0 Å². The second kappa shape index (κ2) is 17.5. The molecule has 0 aromatic carbocycles. The zero-order valence-electron chi connectivity index (χ0n) is 18.4. The van der Waals surface area contributed by atoms with Gasteiger partial charge >= 0.3 is 45.9 Å². The maximum Gasteiger partial charge on any atom is 1.00 e. The number of aliphatic carboxylic acids is 1. The summed E-state index contributed by atoms with van der Waals surface area (Å²) in [5, 5.41) is 11.3. The van der Waals surface area contributed by atoms with Crippen LogP contribution in [0.3, 0.4) is 0 Å². The molecule has 7 nitrogen and oxygen atoms in total. The number of hydrogen-bond donors (Lipinski definition) is 1. The van der Waals surface area contributed by atoms with Gasteiger partial charge in [0, 0.05) is 12.4 Å². The number of carbonyl (C=O) groups excluding carboxylic acids is 2. The van der Waals surface area contributed by atoms with Crippen molar-refractivity contribution < 1.29 is 61.4 Å². The van der Waals surface area contributed by atoms with Crippen molar-refractivity contribution in [1.29, 1.82) is 0 Å². The van der Waals surface area contributed by atoms with Gasteiger partial charge < -0.3 is 14.1 Å². The number of rotatable bonds is 18. The summed E-state index contributed by atoms with van der Waals surface area (Å²) >= 11 is 0. The van der Waals surface area contributed by atoms with E-state index in [4.69, 9.17) is 4.55 Å². The van der Waals surface area contributed by atoms with Crippen molar-refractivity contribution >= 4 is 22.3 Å². The molecule has 0 saturated carbocycles. The molecule has 0 aromatic heterocycles. The molecule has 166 valence electrons. The summed E-state index contributed by atoms with van der Waals surface area (Å²) < 4.78 is 35.1. The summed E-state index contributed by atoms with van der Waals surface area (Å²) in [6.45, 7) is 4.22. The molecular weight excluding hydrogens is 407 g/mol. The fourth-order valence-corrected chi connectivity index (χ4v) is 3.89. The molecule has 0 unspecified atom stereocenters. The van der Waals surface area contributed by atoms with E-state index in [2.05, 4.69) is 18.0 Å². The first kappa shape index (κ1) is 31.0. The van der Waals surface area contributed by atoms with Gasteiger partial charge in [-0.2, -0.15) is 8.42 Å². The van der Waals surface area contributed by atoms with E-state index in [1.54, 1.807) is 0 Å². The molecule has 0 saturated heterocycles. The van der Waals surface area contributed by atoms with E-state index in [-0.39, 0.29) is 42.4 Å². The molecule has 9 heteroatoms. The molecule has 0 aliphatic heterocycles. The van der Waals surface area contributed by atoms with Crippen molar-refractivity contribution in [2.75, 3.05) is 0 Å². The van der Waals surface area contributed by atoms with Crippen LogP contribution in [0.25, 0.3) is 0 Å². The van der Waals surface area contributed by atoms with Crippen LogP contribution in [-0.4, -0.2) is 24.9 Å². The second-order valence-corrected chi connectivity index (χ2v) is 8.69. The average Bonchev–Trinajstić information content (AvgIpc) is 2.58. The maximum atomic E-state index is 12.5. The zero-order valence-corrected chi connectivity index (χ0v) is 21.2. The molecule has 0 bridgehead atoms. The van der Waals surface area contributed by atoms with E-state index in [9.17, 15) is 23.1 Å². The number of carbonyl (C=O) groups is 2. The Hall–Kier alpha value is -0.150. The Morgan fingerprint density at radius 2 is 1.21 bits per heavy atom. The Morgan fingerprint density at radius 1 is 0.828 bits per heavy atom. The maximum absolute atomic E-state index is 12.5. The SMILES string of the molecule is CCCCCCCCC(CCCCCCCC)(CC(=O)[O-])C(=O)OS(=O)(=O)O.[Na+]. The average molecular weight is 445 g/mol. The van der Waals surface area contributed by atoms with Crippen LogP contribution in [0.2, 0.25) is 0 Å². The first-order valence-corrected chi connectivity index (χ1v) is 11.9. The van der Waals surface area contributed by atoms with Crippen LogP contribution in [0.4, 0.5) is 0 Å². The number of carboxylic acid groups (broad SMARTS) is 1. The summed E-state index contributed by atoms with van der Waals surface area (Å²) in [6, 6.07) is 0. The van der Waals surface area contributed by atoms with Gasteiger partial charge in [-0.05, 0) is 12.8 Å². The zero-order chi connectivity index (χ0) is 21.5. The summed E-state index contributed by atoms with van der Waals surface area (Å²) in [5.41, 5.74) is -1.48. The van der Waals surface area contributed by atoms with Gasteiger partial charge in [-0.3, -0.25) is 9.35 Å². The van der Waals surface area contributed by atoms with E-state index in [0.29, 0.717) is 12.8 Å². The number of carboxylic acids is 1. The molecule has 1 N–H and O–H groups in total. The Morgan fingerprint density at radius 3 is 1.55 bits per heavy atom. The van der Waals surface area contributed by atoms with Gasteiger partial charge in [0.1, 0.15) is 0 Å². The minimum atomic E-state index is -4.99. The predicted molar refractivity (Wildman–Crippen MR) is 106 cm³/mol. The predicted octanol–water partition coefficient (Wildman–Crippen LogP) is 0.964. The van der Waals surface area contributed by atoms with E-state index in [1.165, 1.54) is 0 Å². The first-order chi connectivity index (χ1) is 13.2. The molecule has 0 aromatic rings. The van der Waals surface area contributed by atoms with E-state index < -0.39 is 34.2 Å². The Kier molecular flexibility index (Phi) is 18.8. The molecule has 0 radical (unpaired) electrons. The monoisotopic (exact) mass is 444 g/mol. The molecule has 0 rings (SSSR count). The fraction of sp³-hybridized carbons (Fsp3) is 0.900. The van der Waals surface area contributed by atoms with Crippen LogP contribution in [0.5, 0.6) is 0 Å². The van der Waals surface area contributed by atoms with Crippen molar-refractivity contribution in [2.24, 2.45) is 5.41 Å². The van der Waals surface area contributed by atoms with Crippen LogP contribution >= 0.6 is 0 Å². The third-order valence-corrected chi connectivity index (χ3v) is 5.48. The molecule has 0 fully saturated rings. The molecule has 0 heterocycles. The van der Waals surface area contributed by atoms with E-state index >= 15 is 0 Å². The second-order valence-electron chi connectivity index (χ2n) is 7.66. The van der Waals surface area contributed by atoms with Crippen molar-refractivity contribution in [3.8, 4) is 0 Å². The third kappa shape index (κ3) is 16.2. The normalized spacial score (nSPS) is 11.7. The van der Waals surface area contributed by atoms with Crippen molar-refractivity contribution in [3.05, 3.63) is 0 Å². The molecule has 0 aliphatic rings. The Bertz CT molecular complexity index is 533. The summed E-state index contributed by atoms with van der Waals surface area (Å²) in [7, 11) is -4.99. The summed E-state index contributed by atoms with van der Waals surface area (Å²) in [4.78, 5) is 23.8. The summed E-state index contributed by atoms with van der Waals surface area (Å²) in [6.07, 6.45) is 11.2. The smallest absolute Gasteiger partial charge is 0.550 e. The standard InChI is InChI=1S/C20H38O7S.Na/c1-3-5-7-9-11-13-15-20(17-18(21)22,19(23)27-28(24,25)26)16-14-12-10-8-6-4-2;/h3-17H2,1-2H3,(H,21,22)(H,24,25,26);/q;+1/p-1. The molecule has 0 atom stereocenters. The van der Waals surface area contributed by atoms with Gasteiger partial charge in [-0.15, -0.1) is 0 Å². The van der Waals surface area contributed by atoms with E-state index in [1.807, 2.05) is 0 Å². The Labute approximate surface area is 198 Å². The van der Waals surface area contributed by atoms with Gasteiger partial charge in [0.05, 0.1) is 5.41 Å². The topological polar surface area (TPSA) is 121 Å². The van der Waals surface area contributed by atoms with Crippen LogP contribution in [0.1, 0.15) is 110 Å². The van der Waals surface area contributed by atoms with Gasteiger partial charge in [-0.25, -0.2) is 0 Å². The molecule has 0 aliphatic carbocycles. The molecule has 0 spiro atoms. The Balaban J connectivity index is 0. The fourth-order valence-electron chi connectivity index (χ4n) is 3.53. The van der Waals surface area contributed by atoms with Crippen LogP contribution in [0.15, 0.2) is 0 Å². The molecule has 0 amide bonds. The summed E-state index contributed by atoms with van der Waals surface area (Å²) in [5.74, 6) is -2.62. The van der Waals surface area contributed by atoms with Crippen LogP contribution < -0.4 is 34.7 Å². The minimum Gasteiger partial charge on any atom is -0.550 e. The van der Waals surface area contributed by atoms with E-state index in [0.717, 1.165) is 64.2 Å². The van der Waals surface area contributed by atoms with Crippen molar-refractivity contribution in [1.82, 2.24) is 0 Å². The van der Waals surface area contributed by atoms with Gasteiger partial charge in [-0.1, -0.05) is 90.9 Å². The molecular formula is C20H37NaO7S. The number of hydrogen-bond acceptors (Lipinski definition) is 6. The van der Waals surface area contributed by atoms with Crippen LogP contribution in [0, 0.1) is 5.41 Å².